The number of fused-ring (bicyclic) bond motifs is 1. The number of anilines is 3. The van der Waals surface area contributed by atoms with Crippen LogP contribution in [0.2, 0.25) is 0 Å². The van der Waals surface area contributed by atoms with Crippen LogP contribution in [0.5, 0.6) is 0 Å². The molecule has 0 saturated carbocycles. The maximum absolute atomic E-state index is 13.2. The van der Waals surface area contributed by atoms with Crippen LogP contribution in [0.25, 0.3) is 0 Å². The Balaban J connectivity index is 1.28. The zero-order chi connectivity index (χ0) is 23.7. The minimum Gasteiger partial charge on any atom is -0.355 e. The molecule has 5 heterocycles. The summed E-state index contributed by atoms with van der Waals surface area (Å²) in [5.41, 5.74) is 0.805. The quantitative estimate of drug-likeness (QED) is 0.619. The predicted molar refractivity (Wildman–Crippen MR) is 128 cm³/mol. The molecule has 2 saturated heterocycles. The largest absolute Gasteiger partial charge is 0.355 e. The maximum atomic E-state index is 13.2. The average Bonchev–Trinajstić information content (AvgIpc) is 3.22. The van der Waals surface area contributed by atoms with Crippen LogP contribution >= 0.6 is 0 Å². The summed E-state index contributed by atoms with van der Waals surface area (Å²) in [5.74, 6) is 0.871. The number of rotatable bonds is 6. The van der Waals surface area contributed by atoms with Gasteiger partial charge in [-0.05, 0) is 24.6 Å². The minimum atomic E-state index is -1.10. The normalized spacial score (nSPS) is 23.1. The SMILES string of the molecule is C=CN1C(=O)[C@]2(CCNC2=O)Cc2cnc(Nc3ccc(CN4CCN(CC)CC4)cn3)nc21. The van der Waals surface area contributed by atoms with E-state index >= 15 is 0 Å². The van der Waals surface area contributed by atoms with E-state index in [0.717, 1.165) is 50.4 Å². The number of carbonyl (C=O) groups is 2. The number of likely N-dealkylation sites (N-methyl/N-ethyl adjacent to an activating group) is 1. The highest BCUT2D eigenvalue weighted by molar-refractivity contribution is 6.15. The first-order valence-corrected chi connectivity index (χ1v) is 11.8. The van der Waals surface area contributed by atoms with Crippen molar-refractivity contribution in [3.05, 3.63) is 48.4 Å². The van der Waals surface area contributed by atoms with E-state index in [1.165, 1.54) is 11.1 Å². The van der Waals surface area contributed by atoms with Gasteiger partial charge in [0.05, 0.1) is 0 Å². The van der Waals surface area contributed by atoms with Gasteiger partial charge in [-0.25, -0.2) is 9.97 Å². The molecule has 0 aromatic carbocycles. The molecule has 1 spiro atoms. The maximum Gasteiger partial charge on any atom is 0.248 e. The van der Waals surface area contributed by atoms with Crippen molar-refractivity contribution in [3.63, 3.8) is 0 Å². The van der Waals surface area contributed by atoms with Gasteiger partial charge in [-0.1, -0.05) is 19.6 Å². The number of nitrogens with zero attached hydrogens (tertiary/aromatic N) is 6. The van der Waals surface area contributed by atoms with Gasteiger partial charge in [0, 0.05) is 69.8 Å². The minimum absolute atomic E-state index is 0.242. The van der Waals surface area contributed by atoms with Crippen molar-refractivity contribution in [2.75, 3.05) is 49.5 Å². The highest BCUT2D eigenvalue weighted by Crippen LogP contribution is 2.41. The molecule has 34 heavy (non-hydrogen) atoms. The summed E-state index contributed by atoms with van der Waals surface area (Å²) in [6, 6.07) is 3.97. The Bertz CT molecular complexity index is 1100. The van der Waals surface area contributed by atoms with Crippen LogP contribution in [0.1, 0.15) is 24.5 Å². The van der Waals surface area contributed by atoms with Crippen molar-refractivity contribution < 1.29 is 9.59 Å². The second-order valence-corrected chi connectivity index (χ2v) is 9.05. The summed E-state index contributed by atoms with van der Waals surface area (Å²) < 4.78 is 0. The van der Waals surface area contributed by atoms with E-state index in [0.29, 0.717) is 30.5 Å². The van der Waals surface area contributed by atoms with Crippen LogP contribution in [-0.2, 0) is 22.6 Å². The number of hydrogen-bond donors (Lipinski definition) is 2. The van der Waals surface area contributed by atoms with Crippen molar-refractivity contribution in [1.29, 1.82) is 0 Å². The van der Waals surface area contributed by atoms with Gasteiger partial charge in [-0.3, -0.25) is 19.4 Å². The summed E-state index contributed by atoms with van der Waals surface area (Å²) in [5, 5.41) is 5.90. The zero-order valence-corrected chi connectivity index (χ0v) is 19.5. The molecule has 0 bridgehead atoms. The van der Waals surface area contributed by atoms with E-state index in [1.54, 1.807) is 6.20 Å². The lowest BCUT2D eigenvalue weighted by Gasteiger charge is -2.35. The van der Waals surface area contributed by atoms with Crippen molar-refractivity contribution in [1.82, 2.24) is 30.1 Å². The summed E-state index contributed by atoms with van der Waals surface area (Å²) in [7, 11) is 0. The Morgan fingerprint density at radius 3 is 2.59 bits per heavy atom. The summed E-state index contributed by atoms with van der Waals surface area (Å²) in [4.78, 5) is 45.4. The number of nitrogens with one attached hydrogen (secondary N) is 2. The lowest BCUT2D eigenvalue weighted by atomic mass is 9.76. The first-order chi connectivity index (χ1) is 16.5. The van der Waals surface area contributed by atoms with Gasteiger partial charge in [0.15, 0.2) is 0 Å². The number of carbonyl (C=O) groups excluding carboxylic acids is 2. The molecule has 2 amide bonds. The fourth-order valence-electron chi connectivity index (χ4n) is 4.96. The Hall–Kier alpha value is -3.37. The fourth-order valence-corrected chi connectivity index (χ4v) is 4.96. The summed E-state index contributed by atoms with van der Waals surface area (Å²) in [6.45, 7) is 12.8. The van der Waals surface area contributed by atoms with Crippen LogP contribution in [0.15, 0.2) is 37.3 Å². The third-order valence-electron chi connectivity index (χ3n) is 7.03. The first-order valence-electron chi connectivity index (χ1n) is 11.8. The lowest BCUT2D eigenvalue weighted by molar-refractivity contribution is -0.139. The van der Waals surface area contributed by atoms with Crippen LogP contribution < -0.4 is 15.5 Å². The monoisotopic (exact) mass is 462 g/mol. The van der Waals surface area contributed by atoms with Gasteiger partial charge in [-0.2, -0.15) is 4.98 Å². The van der Waals surface area contributed by atoms with Crippen LogP contribution in [0.4, 0.5) is 17.6 Å². The molecule has 10 heteroatoms. The Kier molecular flexibility index (Phi) is 6.01. The fraction of sp³-hybridized carbons (Fsp3) is 0.458. The summed E-state index contributed by atoms with van der Waals surface area (Å²) >= 11 is 0. The van der Waals surface area contributed by atoms with E-state index in [2.05, 4.69) is 55.0 Å². The van der Waals surface area contributed by atoms with E-state index < -0.39 is 5.41 Å². The Morgan fingerprint density at radius 2 is 1.94 bits per heavy atom. The molecule has 2 aromatic rings. The Morgan fingerprint density at radius 1 is 1.15 bits per heavy atom. The number of hydrogen-bond acceptors (Lipinski definition) is 8. The van der Waals surface area contributed by atoms with E-state index in [-0.39, 0.29) is 18.2 Å². The van der Waals surface area contributed by atoms with Crippen molar-refractivity contribution in [2.24, 2.45) is 5.41 Å². The van der Waals surface area contributed by atoms with E-state index in [9.17, 15) is 9.59 Å². The van der Waals surface area contributed by atoms with E-state index in [4.69, 9.17) is 0 Å². The molecule has 2 aromatic heterocycles. The number of amides is 2. The van der Waals surface area contributed by atoms with Crippen LogP contribution in [-0.4, -0.2) is 75.8 Å². The van der Waals surface area contributed by atoms with E-state index in [1.807, 2.05) is 12.3 Å². The molecule has 2 fully saturated rings. The first kappa shape index (κ1) is 22.4. The van der Waals surface area contributed by atoms with Gasteiger partial charge in [0.25, 0.3) is 0 Å². The summed E-state index contributed by atoms with van der Waals surface area (Å²) in [6.07, 6.45) is 5.70. The molecule has 0 unspecified atom stereocenters. The van der Waals surface area contributed by atoms with Crippen molar-refractivity contribution in [3.8, 4) is 0 Å². The molecule has 0 radical (unpaired) electrons. The third-order valence-corrected chi connectivity index (χ3v) is 7.03. The molecule has 3 aliphatic heterocycles. The number of pyridine rings is 1. The lowest BCUT2D eigenvalue weighted by Crippen LogP contribution is -2.51. The third kappa shape index (κ3) is 4.03. The molecule has 2 N–H and O–H groups in total. The number of piperazine rings is 1. The predicted octanol–water partition coefficient (Wildman–Crippen LogP) is 1.29. The average molecular weight is 463 g/mol. The second kappa shape index (κ2) is 9.11. The smallest absolute Gasteiger partial charge is 0.248 e. The van der Waals surface area contributed by atoms with Crippen molar-refractivity contribution in [2.45, 2.75) is 26.3 Å². The number of aromatic nitrogens is 3. The molecule has 5 rings (SSSR count). The van der Waals surface area contributed by atoms with Gasteiger partial charge >= 0.3 is 0 Å². The molecule has 10 nitrogen and oxygen atoms in total. The molecular formula is C24H30N8O2. The van der Waals surface area contributed by atoms with Crippen LogP contribution in [0.3, 0.4) is 0 Å². The molecule has 3 aliphatic rings. The molecular weight excluding hydrogens is 432 g/mol. The molecule has 178 valence electrons. The molecule has 0 aliphatic carbocycles. The standard InChI is InChI=1S/C24H30N8O2/c1-3-30-9-11-31(12-10-30)16-17-5-6-19(26-14-17)28-23-27-15-18-13-24(7-8-25-21(24)33)22(34)32(4-2)20(18)29-23/h4-6,14-15H,2-3,7-13,16H2,1H3,(H,25,33)(H,26,27,28,29)/t24-/m1/s1. The molecule has 1 atom stereocenters. The van der Waals surface area contributed by atoms with Gasteiger partial charge < -0.3 is 15.5 Å². The van der Waals surface area contributed by atoms with Crippen LogP contribution in [0, 0.1) is 5.41 Å². The van der Waals surface area contributed by atoms with Crippen molar-refractivity contribution >= 4 is 29.4 Å². The van der Waals surface area contributed by atoms with Gasteiger partial charge in [0.2, 0.25) is 17.8 Å². The Labute approximate surface area is 199 Å². The highest BCUT2D eigenvalue weighted by Gasteiger charge is 2.54. The second-order valence-electron chi connectivity index (χ2n) is 9.05. The van der Waals surface area contributed by atoms with Gasteiger partial charge in [-0.15, -0.1) is 0 Å². The van der Waals surface area contributed by atoms with Gasteiger partial charge in [0.1, 0.15) is 17.1 Å². The zero-order valence-electron chi connectivity index (χ0n) is 19.5. The topological polar surface area (TPSA) is 107 Å². The highest BCUT2D eigenvalue weighted by atomic mass is 16.2.